The van der Waals surface area contributed by atoms with Crippen LogP contribution < -0.4 is 0 Å². The Balaban J connectivity index is 0.00000135. The van der Waals surface area contributed by atoms with E-state index >= 15 is 0 Å². The maximum Gasteiger partial charge on any atom is 0.163 e. The van der Waals surface area contributed by atoms with Crippen molar-refractivity contribution in [1.82, 2.24) is 0 Å². The Morgan fingerprint density at radius 2 is 0.689 bits per heavy atom. The second-order valence-electron chi connectivity index (χ2n) is 39.8. The first-order chi connectivity index (χ1) is 57.6. The summed E-state index contributed by atoms with van der Waals surface area (Å²) < 4.78 is 22.5. The van der Waals surface area contributed by atoms with Crippen molar-refractivity contribution in [1.29, 1.82) is 0 Å². The van der Waals surface area contributed by atoms with Crippen LogP contribution in [-0.4, -0.2) is 250 Å². The zero-order valence-electron chi connectivity index (χ0n) is 80.0. The van der Waals surface area contributed by atoms with E-state index in [2.05, 4.69) is 20.8 Å². The van der Waals surface area contributed by atoms with Gasteiger partial charge in [-0.05, 0) is 248 Å². The van der Waals surface area contributed by atoms with Crippen molar-refractivity contribution in [3.8, 4) is 0 Å². The molecule has 2 aromatic carbocycles. The molecule has 2 aromatic rings. The molecule has 0 aromatic heterocycles. The zero-order chi connectivity index (χ0) is 93.2. The van der Waals surface area contributed by atoms with E-state index < -0.39 is 18.0 Å². The first-order valence-electron chi connectivity index (χ1n) is 46.6. The van der Waals surface area contributed by atoms with Crippen molar-refractivity contribution in [3.05, 3.63) is 67.8 Å². The highest BCUT2D eigenvalue weighted by molar-refractivity contribution is 5.49. The van der Waals surface area contributed by atoms with Gasteiger partial charge in [0, 0.05) is 46.7 Å². The topological polar surface area (TPSA) is 442 Å². The van der Waals surface area contributed by atoms with Gasteiger partial charge in [-0.15, -0.1) is 0 Å². The average Bonchev–Trinajstić information content (AvgIpc) is 0.796. The van der Waals surface area contributed by atoms with Gasteiger partial charge >= 0.3 is 0 Å². The Morgan fingerprint density at radius 1 is 0.361 bits per heavy atom. The predicted octanol–water partition coefficient (Wildman–Crippen LogP) is 12.3. The van der Waals surface area contributed by atoms with Crippen LogP contribution in [0.15, 0.2) is 12.1 Å². The van der Waals surface area contributed by atoms with Gasteiger partial charge in [-0.2, -0.15) is 0 Å². The molecule has 2 atom stereocenters. The lowest BCUT2D eigenvalue weighted by molar-refractivity contribution is -0.240. The number of hydrogen-bond acceptors (Lipinski definition) is 24. The van der Waals surface area contributed by atoms with Gasteiger partial charge in [-0.3, -0.25) is 0 Å². The molecular formula is C98H186O24. The molecule has 722 valence electrons. The van der Waals surface area contributed by atoms with Crippen molar-refractivity contribution in [2.24, 2.45) is 61.6 Å². The maximum atomic E-state index is 9.62. The minimum atomic E-state index is -0.680. The highest BCUT2D eigenvalue weighted by Gasteiger charge is 2.60. The third-order valence-electron chi connectivity index (χ3n) is 27.2. The van der Waals surface area contributed by atoms with Crippen molar-refractivity contribution in [3.63, 3.8) is 0 Å². The molecule has 11 rings (SSSR count). The molecule has 0 radical (unpaired) electrons. The van der Waals surface area contributed by atoms with Crippen LogP contribution in [0, 0.1) is 103 Å². The second kappa shape index (κ2) is 61.2. The lowest BCUT2D eigenvalue weighted by atomic mass is 9.44. The van der Waals surface area contributed by atoms with E-state index in [0.717, 1.165) is 170 Å². The molecule has 1 heterocycles. The molecule has 0 amide bonds. The van der Waals surface area contributed by atoms with Gasteiger partial charge in [0.2, 0.25) is 0 Å². The van der Waals surface area contributed by atoms with Crippen molar-refractivity contribution < 1.29 is 121 Å². The molecule has 8 saturated carbocycles. The fourth-order valence-corrected chi connectivity index (χ4v) is 19.1. The van der Waals surface area contributed by atoms with Gasteiger partial charge < -0.3 is 121 Å². The minimum absolute atomic E-state index is 0.0451. The van der Waals surface area contributed by atoms with Crippen molar-refractivity contribution >= 4 is 0 Å². The number of aryl methyl sites for hydroxylation is 2. The van der Waals surface area contributed by atoms with Crippen LogP contribution in [0.5, 0.6) is 0 Å². The summed E-state index contributed by atoms with van der Waals surface area (Å²) in [6.45, 7) is 37.8. The maximum absolute atomic E-state index is 9.62. The summed E-state index contributed by atoms with van der Waals surface area (Å²) in [4.78, 5) is 0. The summed E-state index contributed by atoms with van der Waals surface area (Å²) in [5, 5.41) is 180. The van der Waals surface area contributed by atoms with E-state index in [4.69, 9.17) is 90.4 Å². The van der Waals surface area contributed by atoms with Gasteiger partial charge in [0.05, 0.1) is 143 Å². The Morgan fingerprint density at radius 3 is 0.926 bits per heavy atom. The fourth-order valence-electron chi connectivity index (χ4n) is 19.1. The number of ether oxygens (including phenoxy) is 4. The molecule has 24 nitrogen and oxygen atoms in total. The highest BCUT2D eigenvalue weighted by Crippen LogP contribution is 2.65. The standard InChI is InChI=1S/C17H36O2.C14H24O4.C12H20O2.C12H18O2.C10H14O2.C8H18O2.C7H14O4.C7H16O2.C6H14O2.C5H12O2/c1-3-5-7-9-11-13-17(15-18,16-19)14-12-10-8-6-4-2;15-1-3-17-13-6-11-5-12(7-13)9-14(8-11,10-13)18-4-2-16;13-7-11-2-9-1-10(4-11)5-12(3-9,6-11)8-14;1-7-8(2)12(6-14)10(4)9(3)11(7)5-13;1-7-3-10(6-12)8(2)4-9(7)5-11;1-3-4-5-8(2,6-9)7-10;1-7(2)10-5(3-8)6(4-9)11-7;1-3-4-7(2,5-8)6-9;1-3-6(2,4-7)5-8;1-5(2,3-6)4-7/h18-19H,3-16H2,1-2H3;11-12,15-16H,1-10H2;9-10,13-14H,1-8H2;13-14H,5-6H2,1-4H3;3-4,11-12H,5-6H2,1-2H3;9-10H,3-7H2,1-2H3;5-6,8-9H,3-4H2,1-2H3;8-9H,3-6H2,1-2H3;7-8H,3-5H2,1-2H3;6-7H,3-4H2,1-2H3. The van der Waals surface area contributed by atoms with E-state index in [9.17, 15) is 30.6 Å². The molecule has 1 saturated heterocycles. The monoisotopic (exact) mass is 1750 g/mol. The largest absolute Gasteiger partial charge is 0.396 e. The van der Waals surface area contributed by atoms with Crippen LogP contribution in [0.4, 0.5) is 0 Å². The number of unbranched alkanes of at least 4 members (excludes halogenated alkanes) is 9. The SMILES string of the molecule is CC(C)(CO)CO.CC1(C)OC(CO)C(CO)O1.CCC(C)(CO)CO.CCCC(C)(CO)CO.CCCCC(C)(CO)CO.CCCCCCCC(CO)(CO)CCCCCCC.Cc1c(C)c(CO)c(C)c(C)c1CO.Cc1cc(CO)c(C)cc1CO.OCC12CC3CC(C1)CC(CO)(C3)C2.OCCOC12CC3CC(C1)CC(OCCO)(C3)C2. The van der Waals surface area contributed by atoms with E-state index in [1.807, 2.05) is 88.3 Å². The van der Waals surface area contributed by atoms with Crippen LogP contribution in [0.25, 0.3) is 0 Å². The Labute approximate surface area is 738 Å². The highest BCUT2D eigenvalue weighted by atomic mass is 16.8. The first-order valence-corrected chi connectivity index (χ1v) is 46.6. The van der Waals surface area contributed by atoms with Crippen molar-refractivity contribution in [2.45, 2.75) is 373 Å². The van der Waals surface area contributed by atoms with E-state index in [0.29, 0.717) is 38.3 Å². The number of hydrogen-bond donors (Lipinski definition) is 20. The molecule has 20 N–H and O–H groups in total. The molecule has 1 aliphatic heterocycles. The van der Waals surface area contributed by atoms with Crippen LogP contribution in [0.2, 0.25) is 0 Å². The van der Waals surface area contributed by atoms with Gasteiger partial charge in [-0.25, -0.2) is 0 Å². The third-order valence-corrected chi connectivity index (χ3v) is 27.2. The number of benzene rings is 2. The summed E-state index contributed by atoms with van der Waals surface area (Å²) >= 11 is 0. The number of rotatable bonds is 42. The van der Waals surface area contributed by atoms with Crippen LogP contribution in [-0.2, 0) is 45.4 Å². The number of aliphatic hydroxyl groups excluding tert-OH is 20. The third kappa shape index (κ3) is 40.9. The predicted molar refractivity (Wildman–Crippen MR) is 486 cm³/mol. The average molecular weight is 1750 g/mol. The Kier molecular flexibility index (Phi) is 59.9. The Bertz CT molecular complexity index is 2770. The lowest BCUT2D eigenvalue weighted by Gasteiger charge is -2.61. The minimum Gasteiger partial charge on any atom is -0.396 e. The summed E-state index contributed by atoms with van der Waals surface area (Å²) in [6, 6.07) is 3.84. The molecule has 9 aliphatic rings. The summed E-state index contributed by atoms with van der Waals surface area (Å²) in [6.07, 6.45) is 33.7. The summed E-state index contributed by atoms with van der Waals surface area (Å²) in [7, 11) is 0. The molecule has 122 heavy (non-hydrogen) atoms. The van der Waals surface area contributed by atoms with E-state index in [-0.39, 0.29) is 168 Å². The first kappa shape index (κ1) is 119. The molecular weight excluding hydrogens is 1560 g/mol. The molecule has 24 heteroatoms. The summed E-state index contributed by atoms with van der Waals surface area (Å²) in [5.41, 5.74) is 9.33. The fraction of sp³-hybridized carbons (Fsp3) is 0.878. The number of aliphatic hydroxyl groups is 20. The quantitative estimate of drug-likeness (QED) is 0.0275. The second-order valence-corrected chi connectivity index (χ2v) is 39.8. The lowest BCUT2D eigenvalue weighted by Crippen LogP contribution is -2.61. The van der Waals surface area contributed by atoms with Gasteiger partial charge in [-0.1, -0.05) is 165 Å². The van der Waals surface area contributed by atoms with Crippen molar-refractivity contribution in [2.75, 3.05) is 119 Å². The molecule has 0 spiro atoms. The van der Waals surface area contributed by atoms with Gasteiger partial charge in [0.15, 0.2) is 5.79 Å². The molecule has 9 fully saturated rings. The van der Waals surface area contributed by atoms with Gasteiger partial charge in [0.25, 0.3) is 0 Å². The smallest absolute Gasteiger partial charge is 0.163 e. The molecule has 2 unspecified atom stereocenters. The van der Waals surface area contributed by atoms with Crippen LogP contribution in [0.1, 0.15) is 331 Å². The van der Waals surface area contributed by atoms with Gasteiger partial charge in [0.1, 0.15) is 12.2 Å². The zero-order valence-corrected chi connectivity index (χ0v) is 80.0. The van der Waals surface area contributed by atoms with E-state index in [1.165, 1.54) is 89.9 Å². The normalized spacial score (nSPS) is 23.8. The van der Waals surface area contributed by atoms with Crippen LogP contribution >= 0.6 is 0 Å². The Hall–Kier alpha value is -2.52. The molecule has 8 aliphatic carbocycles. The summed E-state index contributed by atoms with van der Waals surface area (Å²) in [5.74, 6) is 2.35. The van der Waals surface area contributed by atoms with Crippen LogP contribution in [0.3, 0.4) is 0 Å². The molecule has 8 bridgehead atoms. The van der Waals surface area contributed by atoms with E-state index in [1.54, 1.807) is 27.7 Å².